The van der Waals surface area contributed by atoms with E-state index >= 15 is 0 Å². The van der Waals surface area contributed by atoms with Gasteiger partial charge >= 0.3 is 0 Å². The van der Waals surface area contributed by atoms with Gasteiger partial charge in [0.15, 0.2) is 0 Å². The van der Waals surface area contributed by atoms with Crippen LogP contribution < -0.4 is 6.15 Å². The lowest BCUT2D eigenvalue weighted by atomic mass is 10.8. The molecule has 0 amide bonds. The van der Waals surface area contributed by atoms with Crippen molar-refractivity contribution >= 4 is 0 Å². The summed E-state index contributed by atoms with van der Waals surface area (Å²) in [5.74, 6) is 0. The summed E-state index contributed by atoms with van der Waals surface area (Å²) in [7, 11) is 0. The van der Waals surface area contributed by atoms with Gasteiger partial charge in [0.2, 0.25) is 0 Å². The second kappa shape index (κ2) is 24800. The van der Waals surface area contributed by atoms with Gasteiger partial charge in [0, 0.05) is 0 Å². The SMILES string of the molecule is C=C.C=C.C=C.C=C.C=C.C=C.N.OCCO. The molecule has 0 unspecified atom stereocenters. The summed E-state index contributed by atoms with van der Waals surface area (Å²) in [6.07, 6.45) is 0. The zero-order valence-corrected chi connectivity index (χ0v) is 11.5. The molecule has 0 spiro atoms. The minimum absolute atomic E-state index is 0. The smallest absolute Gasteiger partial charge is 0.0662 e. The molecule has 0 atom stereocenters. The summed E-state index contributed by atoms with van der Waals surface area (Å²) in [4.78, 5) is 0. The van der Waals surface area contributed by atoms with Crippen LogP contribution in [0, 0.1) is 0 Å². The Kier molecular flexibility index (Phi) is 85600. The minimum Gasteiger partial charge on any atom is -0.394 e. The van der Waals surface area contributed by atoms with Gasteiger partial charge in [-0.15, -0.1) is 78.9 Å². The Hall–Kier alpha value is -1.68. The highest BCUT2D eigenvalue weighted by atomic mass is 16.3. The molecule has 0 aliphatic rings. The minimum atomic E-state index is -0.125. The first kappa shape index (κ1) is 58.6. The summed E-state index contributed by atoms with van der Waals surface area (Å²) < 4.78 is 0. The summed E-state index contributed by atoms with van der Waals surface area (Å²) >= 11 is 0. The van der Waals surface area contributed by atoms with Gasteiger partial charge in [-0.25, -0.2) is 0 Å². The van der Waals surface area contributed by atoms with Crippen LogP contribution >= 0.6 is 0 Å². The van der Waals surface area contributed by atoms with Crippen LogP contribution in [0.25, 0.3) is 0 Å². The Labute approximate surface area is 109 Å². The lowest BCUT2D eigenvalue weighted by Crippen LogP contribution is -1.85. The number of aliphatic hydroxyl groups is 2. The van der Waals surface area contributed by atoms with Gasteiger partial charge in [0.05, 0.1) is 13.2 Å². The van der Waals surface area contributed by atoms with Crippen molar-refractivity contribution in [1.29, 1.82) is 0 Å². The van der Waals surface area contributed by atoms with E-state index in [-0.39, 0.29) is 19.4 Å². The summed E-state index contributed by atoms with van der Waals surface area (Å²) in [6.45, 7) is 35.8. The molecule has 0 aromatic heterocycles. The second-order valence-corrected chi connectivity index (χ2v) is 0.447. The molecule has 0 aromatic rings. The average molecular weight is 247 g/mol. The van der Waals surface area contributed by atoms with Crippen molar-refractivity contribution in [2.45, 2.75) is 0 Å². The number of aliphatic hydroxyl groups excluding tert-OH is 2. The molecule has 0 aromatic carbocycles. The standard InChI is InChI=1S/C2H6O2.6C2H4.H3N/c3-1-2-4;6*1-2;/h3-4H,1-2H2;6*1-2H2;1H3. The van der Waals surface area contributed by atoms with E-state index in [1.54, 1.807) is 0 Å². The third-order valence-electron chi connectivity index (χ3n) is 0.1000. The Morgan fingerprint density at radius 3 is 0.471 bits per heavy atom. The van der Waals surface area contributed by atoms with E-state index < -0.39 is 0 Å². The van der Waals surface area contributed by atoms with E-state index in [1.165, 1.54) is 0 Å². The Morgan fingerprint density at radius 2 is 0.471 bits per heavy atom. The zero-order valence-electron chi connectivity index (χ0n) is 11.5. The fourth-order valence-corrected chi connectivity index (χ4v) is 0. The molecule has 106 valence electrons. The molecule has 0 aliphatic heterocycles. The number of rotatable bonds is 1. The Balaban J connectivity index is -0.00000000946. The van der Waals surface area contributed by atoms with E-state index in [0.29, 0.717) is 0 Å². The van der Waals surface area contributed by atoms with Gasteiger partial charge in [0.1, 0.15) is 0 Å². The molecule has 0 bridgehead atoms. The number of hydrogen-bond acceptors (Lipinski definition) is 3. The van der Waals surface area contributed by atoms with Crippen molar-refractivity contribution in [1.82, 2.24) is 6.15 Å². The van der Waals surface area contributed by atoms with E-state index in [9.17, 15) is 0 Å². The normalized spacial score (nSPS) is 3.18. The van der Waals surface area contributed by atoms with Crippen molar-refractivity contribution in [3.63, 3.8) is 0 Å². The van der Waals surface area contributed by atoms with Crippen molar-refractivity contribution in [3.8, 4) is 0 Å². The average Bonchev–Trinajstić information content (AvgIpc) is 2.51. The zero-order chi connectivity index (χ0) is 15.4. The molecular formula is C14H33NO2. The highest BCUT2D eigenvalue weighted by Gasteiger charge is 1.58. The van der Waals surface area contributed by atoms with Crippen LogP contribution in [0.15, 0.2) is 78.9 Å². The molecule has 3 nitrogen and oxygen atoms in total. The molecule has 3 heteroatoms. The van der Waals surface area contributed by atoms with Crippen LogP contribution in [-0.4, -0.2) is 23.4 Å². The third kappa shape index (κ3) is 4700. The van der Waals surface area contributed by atoms with E-state index in [2.05, 4.69) is 78.9 Å². The molecule has 0 rings (SSSR count). The summed E-state index contributed by atoms with van der Waals surface area (Å²) in [5, 5.41) is 15.2. The van der Waals surface area contributed by atoms with Crippen molar-refractivity contribution < 1.29 is 10.2 Å². The van der Waals surface area contributed by atoms with Gasteiger partial charge in [-0.3, -0.25) is 0 Å². The van der Waals surface area contributed by atoms with Gasteiger partial charge in [-0.05, 0) is 0 Å². The first-order valence-corrected chi connectivity index (χ1v) is 4.13. The van der Waals surface area contributed by atoms with Gasteiger partial charge in [-0.2, -0.15) is 0 Å². The summed E-state index contributed by atoms with van der Waals surface area (Å²) in [6, 6.07) is 0. The fourth-order valence-electron chi connectivity index (χ4n) is 0. The van der Waals surface area contributed by atoms with Crippen LogP contribution in [0.3, 0.4) is 0 Å². The molecule has 0 aliphatic carbocycles. The lowest BCUT2D eigenvalue weighted by molar-refractivity contribution is 0.186. The molecule has 0 fully saturated rings. The molecule has 0 radical (unpaired) electrons. The Morgan fingerprint density at radius 1 is 0.412 bits per heavy atom. The monoisotopic (exact) mass is 247 g/mol. The lowest BCUT2D eigenvalue weighted by Gasteiger charge is -1.70. The largest absolute Gasteiger partial charge is 0.394 e. The third-order valence-corrected chi connectivity index (χ3v) is 0.1000. The van der Waals surface area contributed by atoms with Crippen LogP contribution in [0.4, 0.5) is 0 Å². The van der Waals surface area contributed by atoms with Gasteiger partial charge in [0.25, 0.3) is 0 Å². The molecular weight excluding hydrogens is 214 g/mol. The van der Waals surface area contributed by atoms with Crippen LogP contribution in [0.1, 0.15) is 0 Å². The van der Waals surface area contributed by atoms with Crippen LogP contribution in [0.2, 0.25) is 0 Å². The number of hydrogen-bond donors (Lipinski definition) is 3. The van der Waals surface area contributed by atoms with E-state index in [0.717, 1.165) is 0 Å². The highest BCUT2D eigenvalue weighted by Crippen LogP contribution is 1.39. The molecule has 0 heterocycles. The van der Waals surface area contributed by atoms with Crippen LogP contribution in [-0.2, 0) is 0 Å². The predicted octanol–water partition coefficient (Wildman–Crippen LogP) is 3.95. The van der Waals surface area contributed by atoms with Gasteiger partial charge in [-0.1, -0.05) is 0 Å². The fraction of sp³-hybridized carbons (Fsp3) is 0.143. The van der Waals surface area contributed by atoms with E-state index in [4.69, 9.17) is 10.2 Å². The molecule has 0 saturated carbocycles. The first-order chi connectivity index (χ1) is 7.91. The van der Waals surface area contributed by atoms with Crippen molar-refractivity contribution in [2.24, 2.45) is 0 Å². The van der Waals surface area contributed by atoms with Crippen LogP contribution in [0.5, 0.6) is 0 Å². The maximum Gasteiger partial charge on any atom is 0.0662 e. The first-order valence-electron chi connectivity index (χ1n) is 4.13. The second-order valence-electron chi connectivity index (χ2n) is 0.447. The molecule has 0 saturated heterocycles. The Bertz CT molecular complexity index is 44.7. The van der Waals surface area contributed by atoms with Crippen molar-refractivity contribution in [2.75, 3.05) is 13.2 Å². The van der Waals surface area contributed by atoms with Crippen molar-refractivity contribution in [3.05, 3.63) is 78.9 Å². The maximum absolute atomic E-state index is 7.62. The van der Waals surface area contributed by atoms with Gasteiger partial charge < -0.3 is 16.4 Å². The molecule has 17 heavy (non-hydrogen) atoms. The quantitative estimate of drug-likeness (QED) is 0.614. The molecule has 5 N–H and O–H groups in total. The predicted molar refractivity (Wildman–Crippen MR) is 86.7 cm³/mol. The highest BCUT2D eigenvalue weighted by molar-refractivity contribution is 4.23. The topological polar surface area (TPSA) is 75.5 Å². The maximum atomic E-state index is 7.62. The van der Waals surface area contributed by atoms with E-state index in [1.807, 2.05) is 0 Å². The summed E-state index contributed by atoms with van der Waals surface area (Å²) in [5.41, 5.74) is 0.